The second-order valence-electron chi connectivity index (χ2n) is 2.38. The van der Waals surface area contributed by atoms with Gasteiger partial charge in [0.2, 0.25) is 0 Å². The molecule has 0 aliphatic heterocycles. The van der Waals surface area contributed by atoms with Gasteiger partial charge in [-0.15, -0.1) is 0 Å². The normalized spacial score (nSPS) is 11.3. The highest BCUT2D eigenvalue weighted by molar-refractivity contribution is 7.08. The Labute approximate surface area is 80.8 Å². The molecular weight excluding hydrogens is 186 g/mol. The Kier molecular flexibility index (Phi) is 3.52. The summed E-state index contributed by atoms with van der Waals surface area (Å²) in [5.41, 5.74) is 6.55. The van der Waals surface area contributed by atoms with E-state index < -0.39 is 5.97 Å². The average Bonchev–Trinajstić information content (AvgIpc) is 2.57. The van der Waals surface area contributed by atoms with E-state index in [9.17, 15) is 4.79 Å². The summed E-state index contributed by atoms with van der Waals surface area (Å²) in [6.45, 7) is 2.09. The van der Waals surface area contributed by atoms with Crippen LogP contribution in [0.5, 0.6) is 0 Å². The van der Waals surface area contributed by atoms with Crippen molar-refractivity contribution in [3.63, 3.8) is 0 Å². The first-order valence-electron chi connectivity index (χ1n) is 3.90. The molecule has 0 fully saturated rings. The van der Waals surface area contributed by atoms with Crippen molar-refractivity contribution in [2.45, 2.75) is 6.92 Å². The van der Waals surface area contributed by atoms with E-state index in [1.54, 1.807) is 24.3 Å². The molecule has 1 aromatic heterocycles. The van der Waals surface area contributed by atoms with Crippen LogP contribution in [-0.2, 0) is 9.53 Å². The van der Waals surface area contributed by atoms with Crippen molar-refractivity contribution < 1.29 is 9.53 Å². The van der Waals surface area contributed by atoms with Crippen LogP contribution >= 0.6 is 11.3 Å². The van der Waals surface area contributed by atoms with Gasteiger partial charge in [0.1, 0.15) is 5.70 Å². The molecule has 0 saturated carbocycles. The van der Waals surface area contributed by atoms with Gasteiger partial charge in [0.25, 0.3) is 0 Å². The standard InChI is InChI=1S/C9H11NO2S/c1-2-12-9(11)8(10)5-7-3-4-13-6-7/h3-6H,2,10H2,1H3/b8-5-. The zero-order valence-corrected chi connectivity index (χ0v) is 8.14. The van der Waals surface area contributed by atoms with Crippen molar-refractivity contribution in [2.75, 3.05) is 6.61 Å². The molecule has 70 valence electrons. The van der Waals surface area contributed by atoms with Crippen molar-refractivity contribution in [1.82, 2.24) is 0 Å². The van der Waals surface area contributed by atoms with Crippen LogP contribution in [0.1, 0.15) is 12.5 Å². The first-order chi connectivity index (χ1) is 6.24. The van der Waals surface area contributed by atoms with Crippen molar-refractivity contribution in [3.8, 4) is 0 Å². The molecular formula is C9H11NO2S. The molecule has 3 nitrogen and oxygen atoms in total. The van der Waals surface area contributed by atoms with Gasteiger partial charge < -0.3 is 10.5 Å². The summed E-state index contributed by atoms with van der Waals surface area (Å²) in [6.07, 6.45) is 1.61. The van der Waals surface area contributed by atoms with Gasteiger partial charge in [-0.25, -0.2) is 4.79 Å². The monoisotopic (exact) mass is 197 g/mol. The maximum Gasteiger partial charge on any atom is 0.354 e. The first kappa shape index (κ1) is 9.80. The molecule has 0 radical (unpaired) electrons. The highest BCUT2D eigenvalue weighted by Crippen LogP contribution is 2.09. The van der Waals surface area contributed by atoms with E-state index in [0.717, 1.165) is 5.56 Å². The summed E-state index contributed by atoms with van der Waals surface area (Å²) in [4.78, 5) is 11.1. The molecule has 0 aromatic carbocycles. The van der Waals surface area contributed by atoms with E-state index >= 15 is 0 Å². The van der Waals surface area contributed by atoms with Gasteiger partial charge in [0, 0.05) is 0 Å². The van der Waals surface area contributed by atoms with Crippen LogP contribution < -0.4 is 5.73 Å². The van der Waals surface area contributed by atoms with E-state index in [0.29, 0.717) is 6.61 Å². The summed E-state index contributed by atoms with van der Waals surface area (Å²) in [5, 5.41) is 3.83. The second-order valence-corrected chi connectivity index (χ2v) is 3.16. The number of carbonyl (C=O) groups is 1. The molecule has 0 spiro atoms. The number of hydrogen-bond acceptors (Lipinski definition) is 4. The molecule has 0 bridgehead atoms. The zero-order chi connectivity index (χ0) is 9.68. The third-order valence-electron chi connectivity index (χ3n) is 1.38. The molecule has 1 aromatic rings. The molecule has 2 N–H and O–H groups in total. The molecule has 0 aliphatic carbocycles. The lowest BCUT2D eigenvalue weighted by molar-refractivity contribution is -0.138. The Hall–Kier alpha value is -1.29. The number of ether oxygens (including phenoxy) is 1. The van der Waals surface area contributed by atoms with Gasteiger partial charge in [-0.3, -0.25) is 0 Å². The van der Waals surface area contributed by atoms with Crippen LogP contribution in [0.15, 0.2) is 22.5 Å². The van der Waals surface area contributed by atoms with Gasteiger partial charge in [-0.05, 0) is 35.4 Å². The van der Waals surface area contributed by atoms with Crippen molar-refractivity contribution in [3.05, 3.63) is 28.1 Å². The lowest BCUT2D eigenvalue weighted by atomic mass is 10.3. The third kappa shape index (κ3) is 2.91. The number of carbonyl (C=O) groups excluding carboxylic acids is 1. The predicted molar refractivity (Wildman–Crippen MR) is 53.1 cm³/mol. The minimum atomic E-state index is -0.464. The lowest BCUT2D eigenvalue weighted by Gasteiger charge is -1.99. The number of thiophene rings is 1. The smallest absolute Gasteiger partial charge is 0.354 e. The molecule has 0 atom stereocenters. The van der Waals surface area contributed by atoms with E-state index in [2.05, 4.69) is 0 Å². The average molecular weight is 197 g/mol. The molecule has 0 amide bonds. The summed E-state index contributed by atoms with van der Waals surface area (Å²) in [7, 11) is 0. The topological polar surface area (TPSA) is 52.3 Å². The molecule has 13 heavy (non-hydrogen) atoms. The summed E-state index contributed by atoms with van der Waals surface area (Å²) < 4.78 is 4.72. The van der Waals surface area contributed by atoms with Crippen LogP contribution in [0.25, 0.3) is 6.08 Å². The van der Waals surface area contributed by atoms with Gasteiger partial charge in [0.05, 0.1) is 6.61 Å². The number of hydrogen-bond donors (Lipinski definition) is 1. The van der Waals surface area contributed by atoms with Gasteiger partial charge >= 0.3 is 5.97 Å². The van der Waals surface area contributed by atoms with Crippen LogP contribution in [0.2, 0.25) is 0 Å². The molecule has 1 heterocycles. The summed E-state index contributed by atoms with van der Waals surface area (Å²) in [5.74, 6) is -0.464. The largest absolute Gasteiger partial charge is 0.461 e. The highest BCUT2D eigenvalue weighted by Gasteiger charge is 2.04. The van der Waals surface area contributed by atoms with Crippen molar-refractivity contribution in [2.24, 2.45) is 5.73 Å². The minimum absolute atomic E-state index is 0.139. The Bertz CT molecular complexity index is 303. The molecule has 0 saturated heterocycles. The maximum absolute atomic E-state index is 11.1. The van der Waals surface area contributed by atoms with E-state index in [1.165, 1.54) is 0 Å². The Balaban J connectivity index is 2.66. The number of esters is 1. The van der Waals surface area contributed by atoms with Crippen LogP contribution in [0.4, 0.5) is 0 Å². The van der Waals surface area contributed by atoms with Crippen LogP contribution in [0.3, 0.4) is 0 Å². The molecule has 0 aliphatic rings. The summed E-state index contributed by atoms with van der Waals surface area (Å²) >= 11 is 1.55. The second kappa shape index (κ2) is 4.67. The fourth-order valence-electron chi connectivity index (χ4n) is 0.810. The summed E-state index contributed by atoms with van der Waals surface area (Å²) in [6, 6.07) is 1.89. The minimum Gasteiger partial charge on any atom is -0.461 e. The lowest BCUT2D eigenvalue weighted by Crippen LogP contribution is -2.14. The Morgan fingerprint density at radius 2 is 2.54 bits per heavy atom. The molecule has 1 rings (SSSR count). The predicted octanol–water partition coefficient (Wildman–Crippen LogP) is 1.61. The number of rotatable bonds is 3. The van der Waals surface area contributed by atoms with Gasteiger partial charge in [-0.1, -0.05) is 0 Å². The van der Waals surface area contributed by atoms with Crippen molar-refractivity contribution in [1.29, 1.82) is 0 Å². The Morgan fingerprint density at radius 3 is 3.08 bits per heavy atom. The Morgan fingerprint density at radius 1 is 1.77 bits per heavy atom. The number of nitrogens with two attached hydrogens (primary N) is 1. The van der Waals surface area contributed by atoms with Crippen LogP contribution in [-0.4, -0.2) is 12.6 Å². The van der Waals surface area contributed by atoms with E-state index in [1.807, 2.05) is 16.8 Å². The first-order valence-corrected chi connectivity index (χ1v) is 4.84. The maximum atomic E-state index is 11.1. The fraction of sp³-hybridized carbons (Fsp3) is 0.222. The SMILES string of the molecule is CCOC(=O)/C(N)=C/c1ccsc1. The third-order valence-corrected chi connectivity index (χ3v) is 2.08. The highest BCUT2D eigenvalue weighted by atomic mass is 32.1. The van der Waals surface area contributed by atoms with Crippen molar-refractivity contribution >= 4 is 23.4 Å². The molecule has 0 unspecified atom stereocenters. The molecule has 4 heteroatoms. The van der Waals surface area contributed by atoms with E-state index in [4.69, 9.17) is 10.5 Å². The quantitative estimate of drug-likeness (QED) is 0.591. The zero-order valence-electron chi connectivity index (χ0n) is 7.32. The van der Waals surface area contributed by atoms with Crippen LogP contribution in [0, 0.1) is 0 Å². The van der Waals surface area contributed by atoms with E-state index in [-0.39, 0.29) is 5.70 Å². The fourth-order valence-corrected chi connectivity index (χ4v) is 1.43. The van der Waals surface area contributed by atoms with Gasteiger partial charge in [0.15, 0.2) is 0 Å². The van der Waals surface area contributed by atoms with Gasteiger partial charge in [-0.2, -0.15) is 11.3 Å².